The quantitative estimate of drug-likeness (QED) is 0.378. The number of para-hydroxylation sites is 1. The minimum atomic E-state index is 0.516. The molecule has 0 bridgehead atoms. The van der Waals surface area contributed by atoms with E-state index in [1.807, 2.05) is 60.7 Å². The van der Waals surface area contributed by atoms with E-state index in [0.717, 1.165) is 26.9 Å². The first-order valence-corrected chi connectivity index (χ1v) is 9.63. The summed E-state index contributed by atoms with van der Waals surface area (Å²) in [4.78, 5) is 9.30. The molecule has 0 amide bonds. The van der Waals surface area contributed by atoms with Crippen molar-refractivity contribution in [3.63, 3.8) is 0 Å². The summed E-state index contributed by atoms with van der Waals surface area (Å²) in [6.45, 7) is 0.686. The predicted molar refractivity (Wildman–Crippen MR) is 116 cm³/mol. The Balaban J connectivity index is 1.66. The zero-order valence-electron chi connectivity index (χ0n) is 14.3. The molecule has 0 atom stereocenters. The van der Waals surface area contributed by atoms with Crippen molar-refractivity contribution in [2.24, 2.45) is 0 Å². The van der Waals surface area contributed by atoms with Gasteiger partial charge in [-0.3, -0.25) is 0 Å². The summed E-state index contributed by atoms with van der Waals surface area (Å²) in [5.41, 5.74) is 2.88. The SMILES string of the molecule is Clc1cc(Nc2nc(NCc3ccccc3)c3ccccc3n2)ccc1Br. The lowest BCUT2D eigenvalue weighted by molar-refractivity contribution is 1.10. The van der Waals surface area contributed by atoms with Crippen molar-refractivity contribution in [1.29, 1.82) is 0 Å². The van der Waals surface area contributed by atoms with Gasteiger partial charge >= 0.3 is 0 Å². The van der Waals surface area contributed by atoms with Gasteiger partial charge in [0.1, 0.15) is 5.82 Å². The van der Waals surface area contributed by atoms with Crippen molar-refractivity contribution in [2.75, 3.05) is 10.6 Å². The van der Waals surface area contributed by atoms with Gasteiger partial charge in [-0.1, -0.05) is 54.1 Å². The summed E-state index contributed by atoms with van der Waals surface area (Å²) in [5.74, 6) is 1.30. The molecule has 4 aromatic rings. The minimum absolute atomic E-state index is 0.516. The summed E-state index contributed by atoms with van der Waals surface area (Å²) in [6, 6.07) is 23.8. The van der Waals surface area contributed by atoms with Gasteiger partial charge in [0.25, 0.3) is 0 Å². The number of anilines is 3. The van der Waals surface area contributed by atoms with Crippen molar-refractivity contribution in [3.05, 3.63) is 87.9 Å². The molecule has 0 saturated carbocycles. The van der Waals surface area contributed by atoms with E-state index in [-0.39, 0.29) is 0 Å². The highest BCUT2D eigenvalue weighted by Crippen LogP contribution is 2.28. The number of aromatic nitrogens is 2. The van der Waals surface area contributed by atoms with Gasteiger partial charge in [0, 0.05) is 22.1 Å². The zero-order chi connectivity index (χ0) is 18.6. The minimum Gasteiger partial charge on any atom is -0.365 e. The van der Waals surface area contributed by atoms with Crippen molar-refractivity contribution < 1.29 is 0 Å². The number of nitrogens with one attached hydrogen (secondary N) is 2. The standard InChI is InChI=1S/C21H16BrClN4/c22-17-11-10-15(12-18(17)23)25-21-26-19-9-5-4-8-16(19)20(27-21)24-13-14-6-2-1-3-7-14/h1-12H,13H2,(H2,24,25,26,27). The molecule has 0 radical (unpaired) electrons. The maximum Gasteiger partial charge on any atom is 0.229 e. The summed E-state index contributed by atoms with van der Waals surface area (Å²) in [6.07, 6.45) is 0. The number of benzene rings is 3. The molecular weight excluding hydrogens is 424 g/mol. The van der Waals surface area contributed by atoms with Crippen LogP contribution in [0.25, 0.3) is 10.9 Å². The monoisotopic (exact) mass is 438 g/mol. The van der Waals surface area contributed by atoms with E-state index in [4.69, 9.17) is 11.6 Å². The largest absolute Gasteiger partial charge is 0.365 e. The maximum atomic E-state index is 6.18. The van der Waals surface area contributed by atoms with Gasteiger partial charge in [0.05, 0.1) is 10.5 Å². The van der Waals surface area contributed by atoms with Crippen LogP contribution in [0.15, 0.2) is 77.3 Å². The van der Waals surface area contributed by atoms with Crippen LogP contribution in [-0.2, 0) is 6.54 Å². The van der Waals surface area contributed by atoms with E-state index in [1.54, 1.807) is 0 Å². The fourth-order valence-electron chi connectivity index (χ4n) is 2.75. The molecule has 134 valence electrons. The van der Waals surface area contributed by atoms with E-state index in [9.17, 15) is 0 Å². The van der Waals surface area contributed by atoms with Gasteiger partial charge in [0.2, 0.25) is 5.95 Å². The number of nitrogens with zero attached hydrogens (tertiary/aromatic N) is 2. The first-order chi connectivity index (χ1) is 13.2. The van der Waals surface area contributed by atoms with E-state index in [1.165, 1.54) is 5.56 Å². The molecule has 1 heterocycles. The second-order valence-electron chi connectivity index (χ2n) is 6.01. The van der Waals surface area contributed by atoms with E-state index in [2.05, 4.69) is 48.7 Å². The van der Waals surface area contributed by atoms with Crippen molar-refractivity contribution >= 4 is 55.9 Å². The summed E-state index contributed by atoms with van der Waals surface area (Å²) >= 11 is 9.58. The molecule has 1 aromatic heterocycles. The van der Waals surface area contributed by atoms with Crippen molar-refractivity contribution in [1.82, 2.24) is 9.97 Å². The highest BCUT2D eigenvalue weighted by Gasteiger charge is 2.08. The van der Waals surface area contributed by atoms with E-state index < -0.39 is 0 Å². The second-order valence-corrected chi connectivity index (χ2v) is 7.27. The molecule has 0 aliphatic carbocycles. The highest BCUT2D eigenvalue weighted by atomic mass is 79.9. The fourth-order valence-corrected chi connectivity index (χ4v) is 3.18. The fraction of sp³-hybridized carbons (Fsp3) is 0.0476. The second kappa shape index (κ2) is 7.94. The average molecular weight is 440 g/mol. The molecule has 0 fully saturated rings. The lowest BCUT2D eigenvalue weighted by Gasteiger charge is -2.12. The first kappa shape index (κ1) is 17.8. The number of halogens is 2. The Hall–Kier alpha value is -2.63. The Morgan fingerprint density at radius 1 is 0.889 bits per heavy atom. The Bertz CT molecular complexity index is 1090. The third kappa shape index (κ3) is 4.21. The van der Waals surface area contributed by atoms with Crippen LogP contribution in [-0.4, -0.2) is 9.97 Å². The number of rotatable bonds is 5. The summed E-state index contributed by atoms with van der Waals surface area (Å²) in [5, 5.41) is 8.27. The molecule has 4 rings (SSSR count). The highest BCUT2D eigenvalue weighted by molar-refractivity contribution is 9.10. The topological polar surface area (TPSA) is 49.8 Å². The predicted octanol–water partition coefficient (Wildman–Crippen LogP) is 6.40. The Kier molecular flexibility index (Phi) is 5.23. The lowest BCUT2D eigenvalue weighted by Crippen LogP contribution is -2.05. The van der Waals surface area contributed by atoms with Gasteiger partial charge in [-0.2, -0.15) is 4.98 Å². The molecule has 3 aromatic carbocycles. The van der Waals surface area contributed by atoms with Crippen LogP contribution in [0, 0.1) is 0 Å². The summed E-state index contributed by atoms with van der Waals surface area (Å²) in [7, 11) is 0. The van der Waals surface area contributed by atoms with Gasteiger partial charge < -0.3 is 10.6 Å². The molecule has 0 unspecified atom stereocenters. The van der Waals surface area contributed by atoms with Crippen LogP contribution in [0.4, 0.5) is 17.5 Å². The van der Waals surface area contributed by atoms with Gasteiger partial charge in [-0.05, 0) is 51.8 Å². The molecule has 27 heavy (non-hydrogen) atoms. The smallest absolute Gasteiger partial charge is 0.229 e. The Morgan fingerprint density at radius 2 is 1.67 bits per heavy atom. The van der Waals surface area contributed by atoms with Crippen LogP contribution in [0.1, 0.15) is 5.56 Å². The third-order valence-corrected chi connectivity index (χ3v) is 5.31. The number of fused-ring (bicyclic) bond motifs is 1. The summed E-state index contributed by atoms with van der Waals surface area (Å²) < 4.78 is 0.847. The number of hydrogen-bond donors (Lipinski definition) is 2. The third-order valence-electron chi connectivity index (χ3n) is 4.08. The average Bonchev–Trinajstić information content (AvgIpc) is 2.70. The van der Waals surface area contributed by atoms with Gasteiger partial charge in [-0.15, -0.1) is 0 Å². The molecule has 2 N–H and O–H groups in total. The molecule has 0 aliphatic rings. The zero-order valence-corrected chi connectivity index (χ0v) is 16.6. The van der Waals surface area contributed by atoms with Gasteiger partial charge in [-0.25, -0.2) is 4.98 Å². The molecule has 0 spiro atoms. The van der Waals surface area contributed by atoms with E-state index in [0.29, 0.717) is 17.5 Å². The Morgan fingerprint density at radius 3 is 2.48 bits per heavy atom. The van der Waals surface area contributed by atoms with Crippen LogP contribution in [0.2, 0.25) is 5.02 Å². The molecule has 0 aliphatic heterocycles. The maximum absolute atomic E-state index is 6.18. The molecule has 0 saturated heterocycles. The normalized spacial score (nSPS) is 10.7. The first-order valence-electron chi connectivity index (χ1n) is 8.46. The molecular formula is C21H16BrClN4. The number of hydrogen-bond acceptors (Lipinski definition) is 4. The van der Waals surface area contributed by atoms with Crippen molar-refractivity contribution in [2.45, 2.75) is 6.54 Å². The van der Waals surface area contributed by atoms with Crippen LogP contribution < -0.4 is 10.6 Å². The molecule has 4 nitrogen and oxygen atoms in total. The van der Waals surface area contributed by atoms with Crippen LogP contribution >= 0.6 is 27.5 Å². The van der Waals surface area contributed by atoms with Gasteiger partial charge in [0.15, 0.2) is 0 Å². The lowest BCUT2D eigenvalue weighted by atomic mass is 10.2. The van der Waals surface area contributed by atoms with Crippen molar-refractivity contribution in [3.8, 4) is 0 Å². The molecule has 6 heteroatoms. The van der Waals surface area contributed by atoms with E-state index >= 15 is 0 Å². The Labute approximate surface area is 170 Å². The van der Waals surface area contributed by atoms with Crippen LogP contribution in [0.5, 0.6) is 0 Å². The van der Waals surface area contributed by atoms with Crippen LogP contribution in [0.3, 0.4) is 0 Å².